The van der Waals surface area contributed by atoms with Crippen molar-refractivity contribution in [1.82, 2.24) is 5.32 Å². The molecule has 0 aromatic heterocycles. The molecule has 0 radical (unpaired) electrons. The van der Waals surface area contributed by atoms with Crippen molar-refractivity contribution in [1.29, 1.82) is 0 Å². The van der Waals surface area contributed by atoms with Gasteiger partial charge in [0.05, 0.1) is 5.60 Å². The lowest BCUT2D eigenvalue weighted by Gasteiger charge is -2.33. The highest BCUT2D eigenvalue weighted by Crippen LogP contribution is 2.21. The molecule has 0 heterocycles. The van der Waals surface area contributed by atoms with Gasteiger partial charge in [0.15, 0.2) is 0 Å². The van der Waals surface area contributed by atoms with Gasteiger partial charge in [-0.2, -0.15) is 0 Å². The predicted molar refractivity (Wildman–Crippen MR) is 48.8 cm³/mol. The molecule has 0 aliphatic rings. The molecule has 0 aromatic rings. The summed E-state index contributed by atoms with van der Waals surface area (Å²) in [7, 11) is 3.73. The quantitative estimate of drug-likeness (QED) is 0.675. The minimum Gasteiger partial charge on any atom is -0.379 e. The third-order valence-corrected chi connectivity index (χ3v) is 2.10. The van der Waals surface area contributed by atoms with Crippen molar-refractivity contribution in [2.75, 3.05) is 14.2 Å². The highest BCUT2D eigenvalue weighted by atomic mass is 16.5. The Kier molecular flexibility index (Phi) is 3.52. The monoisotopic (exact) mass is 159 g/mol. The van der Waals surface area contributed by atoms with Gasteiger partial charge in [-0.1, -0.05) is 0 Å². The molecule has 0 saturated heterocycles. The lowest BCUT2D eigenvalue weighted by molar-refractivity contribution is -0.00259. The molecule has 0 aliphatic heterocycles. The van der Waals surface area contributed by atoms with Crippen LogP contribution in [0.25, 0.3) is 0 Å². The Bertz CT molecular complexity index is 105. The van der Waals surface area contributed by atoms with E-state index in [1.54, 1.807) is 7.11 Å². The van der Waals surface area contributed by atoms with E-state index in [4.69, 9.17) is 4.74 Å². The first kappa shape index (κ1) is 10.9. The van der Waals surface area contributed by atoms with Gasteiger partial charge in [-0.05, 0) is 41.2 Å². The molecule has 68 valence electrons. The van der Waals surface area contributed by atoms with E-state index in [2.05, 4.69) is 33.0 Å². The molecule has 2 heteroatoms. The zero-order chi connectivity index (χ0) is 9.12. The molecule has 0 saturated carbocycles. The van der Waals surface area contributed by atoms with Crippen molar-refractivity contribution in [3.63, 3.8) is 0 Å². The van der Waals surface area contributed by atoms with E-state index in [1.165, 1.54) is 0 Å². The minimum absolute atomic E-state index is 0.0352. The van der Waals surface area contributed by atoms with Crippen LogP contribution in [0.3, 0.4) is 0 Å². The van der Waals surface area contributed by atoms with Crippen molar-refractivity contribution in [2.24, 2.45) is 0 Å². The number of hydrogen-bond donors (Lipinski definition) is 1. The number of rotatable bonds is 4. The second kappa shape index (κ2) is 3.55. The van der Waals surface area contributed by atoms with Gasteiger partial charge in [-0.15, -0.1) is 0 Å². The fraction of sp³-hybridized carbons (Fsp3) is 1.00. The first-order valence-corrected chi connectivity index (χ1v) is 4.07. The normalized spacial score (nSPS) is 13.6. The van der Waals surface area contributed by atoms with Crippen molar-refractivity contribution in [3.05, 3.63) is 0 Å². The summed E-state index contributed by atoms with van der Waals surface area (Å²) in [5.74, 6) is 0. The van der Waals surface area contributed by atoms with Crippen LogP contribution in [0.1, 0.15) is 34.1 Å². The van der Waals surface area contributed by atoms with Crippen molar-refractivity contribution >= 4 is 0 Å². The van der Waals surface area contributed by atoms with Gasteiger partial charge >= 0.3 is 0 Å². The van der Waals surface area contributed by atoms with Crippen LogP contribution in [-0.4, -0.2) is 25.3 Å². The maximum Gasteiger partial charge on any atom is 0.0640 e. The van der Waals surface area contributed by atoms with Crippen LogP contribution in [0.15, 0.2) is 0 Å². The van der Waals surface area contributed by atoms with Gasteiger partial charge < -0.3 is 10.1 Å². The highest BCUT2D eigenvalue weighted by Gasteiger charge is 2.26. The Labute approximate surface area is 70.3 Å². The topological polar surface area (TPSA) is 21.3 Å². The van der Waals surface area contributed by atoms with Gasteiger partial charge in [-0.25, -0.2) is 0 Å². The fourth-order valence-corrected chi connectivity index (χ4v) is 1.22. The smallest absolute Gasteiger partial charge is 0.0640 e. The summed E-state index contributed by atoms with van der Waals surface area (Å²) in [6, 6.07) is 0. The lowest BCUT2D eigenvalue weighted by atomic mass is 9.89. The number of ether oxygens (including phenoxy) is 1. The molecular weight excluding hydrogens is 138 g/mol. The second-order valence-corrected chi connectivity index (χ2v) is 4.27. The molecule has 0 amide bonds. The molecule has 0 bridgehead atoms. The predicted octanol–water partition coefficient (Wildman–Crippen LogP) is 1.80. The standard InChI is InChI=1S/C9H21NO/c1-8(2,10-5)7-9(3,4)11-6/h10H,7H2,1-6H3. The average Bonchev–Trinajstić information content (AvgIpc) is 1.86. The van der Waals surface area contributed by atoms with E-state index >= 15 is 0 Å². The maximum atomic E-state index is 5.34. The van der Waals surface area contributed by atoms with Gasteiger partial charge in [-0.3, -0.25) is 0 Å². The zero-order valence-corrected chi connectivity index (χ0v) is 8.62. The van der Waals surface area contributed by atoms with Crippen molar-refractivity contribution in [2.45, 2.75) is 45.3 Å². The van der Waals surface area contributed by atoms with Crippen molar-refractivity contribution in [3.8, 4) is 0 Å². The minimum atomic E-state index is -0.0352. The zero-order valence-electron chi connectivity index (χ0n) is 8.62. The van der Waals surface area contributed by atoms with Crippen molar-refractivity contribution < 1.29 is 4.74 Å². The third kappa shape index (κ3) is 4.38. The molecule has 0 spiro atoms. The highest BCUT2D eigenvalue weighted by molar-refractivity contribution is 4.84. The van der Waals surface area contributed by atoms with Crippen LogP contribution in [-0.2, 0) is 4.74 Å². The van der Waals surface area contributed by atoms with E-state index in [0.29, 0.717) is 0 Å². The molecule has 0 rings (SSSR count). The van der Waals surface area contributed by atoms with E-state index in [1.807, 2.05) is 7.05 Å². The van der Waals surface area contributed by atoms with E-state index in [0.717, 1.165) is 6.42 Å². The average molecular weight is 159 g/mol. The molecule has 0 aliphatic carbocycles. The van der Waals surface area contributed by atoms with E-state index in [9.17, 15) is 0 Å². The lowest BCUT2D eigenvalue weighted by Crippen LogP contribution is -2.43. The van der Waals surface area contributed by atoms with Gasteiger partial charge in [0.1, 0.15) is 0 Å². The summed E-state index contributed by atoms with van der Waals surface area (Å²) in [5, 5.41) is 3.25. The van der Waals surface area contributed by atoms with Gasteiger partial charge in [0.2, 0.25) is 0 Å². The summed E-state index contributed by atoms with van der Waals surface area (Å²) >= 11 is 0. The summed E-state index contributed by atoms with van der Waals surface area (Å²) in [6.45, 7) is 8.56. The fourth-order valence-electron chi connectivity index (χ4n) is 1.22. The van der Waals surface area contributed by atoms with Crippen LogP contribution in [0, 0.1) is 0 Å². The Morgan fingerprint density at radius 2 is 1.64 bits per heavy atom. The van der Waals surface area contributed by atoms with Crippen LogP contribution < -0.4 is 5.32 Å². The first-order chi connectivity index (χ1) is 4.83. The van der Waals surface area contributed by atoms with Gasteiger partial charge in [0, 0.05) is 12.6 Å². The van der Waals surface area contributed by atoms with E-state index < -0.39 is 0 Å². The van der Waals surface area contributed by atoms with Crippen LogP contribution in [0.2, 0.25) is 0 Å². The Balaban J connectivity index is 4.02. The number of nitrogens with one attached hydrogen (secondary N) is 1. The van der Waals surface area contributed by atoms with Gasteiger partial charge in [0.25, 0.3) is 0 Å². The third-order valence-electron chi connectivity index (χ3n) is 2.10. The molecule has 0 atom stereocenters. The first-order valence-electron chi connectivity index (χ1n) is 4.07. The molecule has 11 heavy (non-hydrogen) atoms. The molecule has 2 nitrogen and oxygen atoms in total. The van der Waals surface area contributed by atoms with Crippen LogP contribution in [0.4, 0.5) is 0 Å². The largest absolute Gasteiger partial charge is 0.379 e. The van der Waals surface area contributed by atoms with Crippen LogP contribution in [0.5, 0.6) is 0 Å². The molecule has 1 N–H and O–H groups in total. The molecular formula is C9H21NO. The second-order valence-electron chi connectivity index (χ2n) is 4.27. The summed E-state index contributed by atoms with van der Waals surface area (Å²) < 4.78 is 5.34. The summed E-state index contributed by atoms with van der Waals surface area (Å²) in [4.78, 5) is 0. The molecule has 0 unspecified atom stereocenters. The Morgan fingerprint density at radius 3 is 1.91 bits per heavy atom. The Morgan fingerprint density at radius 1 is 1.18 bits per heavy atom. The van der Waals surface area contributed by atoms with Crippen LogP contribution >= 0.6 is 0 Å². The maximum absolute atomic E-state index is 5.34. The number of hydrogen-bond acceptors (Lipinski definition) is 2. The SMILES string of the molecule is CNC(C)(C)CC(C)(C)OC. The summed E-state index contributed by atoms with van der Waals surface area (Å²) in [6.07, 6.45) is 1.01. The summed E-state index contributed by atoms with van der Waals surface area (Å²) in [5.41, 5.74) is 0.117. The van der Waals surface area contributed by atoms with E-state index in [-0.39, 0.29) is 11.1 Å². The Hall–Kier alpha value is -0.0800. The molecule has 0 fully saturated rings. The number of methoxy groups -OCH3 is 1. The molecule has 0 aromatic carbocycles.